The summed E-state index contributed by atoms with van der Waals surface area (Å²) >= 11 is 0. The fourth-order valence-electron chi connectivity index (χ4n) is 4.13. The lowest BCUT2D eigenvalue weighted by atomic mass is 9.95. The van der Waals surface area contributed by atoms with Gasteiger partial charge in [-0.3, -0.25) is 14.8 Å². The molecule has 32 heavy (non-hydrogen) atoms. The average Bonchev–Trinajstić information content (AvgIpc) is 2.77. The maximum Gasteiger partial charge on any atom is 0.326 e. The van der Waals surface area contributed by atoms with E-state index in [1.54, 1.807) is 26.2 Å². The van der Waals surface area contributed by atoms with Crippen LogP contribution in [0.2, 0.25) is 0 Å². The minimum absolute atomic E-state index is 0.219. The number of hydrogen-bond donors (Lipinski definition) is 2. The molecular weight excluding hydrogens is 406 g/mol. The van der Waals surface area contributed by atoms with E-state index in [9.17, 15) is 14.7 Å². The van der Waals surface area contributed by atoms with Gasteiger partial charge >= 0.3 is 5.97 Å². The van der Waals surface area contributed by atoms with E-state index in [0.29, 0.717) is 12.2 Å². The van der Waals surface area contributed by atoms with Crippen LogP contribution in [-0.2, 0) is 28.8 Å². The molecule has 0 aliphatic heterocycles. The molecule has 0 saturated heterocycles. The largest absolute Gasteiger partial charge is 0.480 e. The highest BCUT2D eigenvalue weighted by Crippen LogP contribution is 2.20. The van der Waals surface area contributed by atoms with E-state index in [-0.39, 0.29) is 13.0 Å². The zero-order valence-electron chi connectivity index (χ0n) is 19.0. The van der Waals surface area contributed by atoms with Gasteiger partial charge < -0.3 is 15.2 Å². The number of carboxylic acid groups (broad SMARTS) is 1. The molecule has 1 aliphatic carbocycles. The predicted molar refractivity (Wildman–Crippen MR) is 122 cm³/mol. The average molecular weight is 440 g/mol. The number of carboxylic acids is 1. The quantitative estimate of drug-likeness (QED) is 0.519. The van der Waals surface area contributed by atoms with Crippen LogP contribution in [-0.4, -0.2) is 46.2 Å². The highest BCUT2D eigenvalue weighted by atomic mass is 16.5. The van der Waals surface area contributed by atoms with Crippen LogP contribution in [0, 0.1) is 13.8 Å². The number of pyridine rings is 2. The van der Waals surface area contributed by atoms with E-state index in [4.69, 9.17) is 9.72 Å². The summed E-state index contributed by atoms with van der Waals surface area (Å²) in [4.78, 5) is 33.0. The maximum absolute atomic E-state index is 12.6. The van der Waals surface area contributed by atoms with Crippen LogP contribution in [0.3, 0.4) is 0 Å². The van der Waals surface area contributed by atoms with Crippen LogP contribution in [0.5, 0.6) is 0 Å². The lowest BCUT2D eigenvalue weighted by molar-refractivity contribution is -0.139. The molecule has 7 nitrogen and oxygen atoms in total. The number of amides is 1. The summed E-state index contributed by atoms with van der Waals surface area (Å²) in [6.45, 7) is 4.41. The Kier molecular flexibility index (Phi) is 8.73. The van der Waals surface area contributed by atoms with Gasteiger partial charge in [0.25, 0.3) is 5.91 Å². The molecule has 3 rings (SSSR count). The second kappa shape index (κ2) is 11.7. The van der Waals surface area contributed by atoms with Crippen molar-refractivity contribution in [3.05, 3.63) is 58.2 Å². The molecule has 0 fully saturated rings. The second-order valence-corrected chi connectivity index (χ2v) is 8.49. The van der Waals surface area contributed by atoms with Crippen LogP contribution in [0.4, 0.5) is 0 Å². The molecule has 7 heteroatoms. The molecule has 2 N–H and O–H groups in total. The first-order valence-electron chi connectivity index (χ1n) is 11.5. The van der Waals surface area contributed by atoms with Gasteiger partial charge in [-0.1, -0.05) is 6.07 Å². The molecule has 0 radical (unpaired) electrons. The number of hydrogen-bond acceptors (Lipinski definition) is 5. The number of fused-ring (bicyclic) bond motifs is 1. The van der Waals surface area contributed by atoms with Gasteiger partial charge in [0.05, 0.1) is 0 Å². The van der Waals surface area contributed by atoms with E-state index in [1.807, 2.05) is 0 Å². The maximum atomic E-state index is 12.6. The van der Waals surface area contributed by atoms with Crippen LogP contribution in [0.25, 0.3) is 0 Å². The van der Waals surface area contributed by atoms with Crippen molar-refractivity contribution in [2.45, 2.75) is 71.3 Å². The lowest BCUT2D eigenvalue weighted by Crippen LogP contribution is -2.42. The molecule has 0 bridgehead atoms. The van der Waals surface area contributed by atoms with E-state index in [2.05, 4.69) is 22.4 Å². The standard InChI is InChI=1S/C25H33N3O4/c1-17-15-26-16-18(2)23(17)24(29)28-22(25(30)31)12-14-32-13-6-5-8-20-11-10-19-7-3-4-9-21(19)27-20/h10-11,15-16,22H,3-9,12-14H2,1-2H3,(H,28,29)(H,30,31)/t22-/m0/s1. The van der Waals surface area contributed by atoms with E-state index < -0.39 is 17.9 Å². The normalized spacial score (nSPS) is 13.9. The summed E-state index contributed by atoms with van der Waals surface area (Å²) < 4.78 is 5.63. The van der Waals surface area contributed by atoms with Crippen LogP contribution < -0.4 is 5.32 Å². The molecule has 0 unspecified atom stereocenters. The molecule has 2 aromatic rings. The predicted octanol–water partition coefficient (Wildman–Crippen LogP) is 3.58. The molecule has 1 aliphatic rings. The Morgan fingerprint density at radius 1 is 1.09 bits per heavy atom. The SMILES string of the molecule is Cc1cncc(C)c1C(=O)N[C@@H](CCOCCCCc1ccc2c(n1)CCCC2)C(=O)O. The molecular formula is C25H33N3O4. The van der Waals surface area contributed by atoms with Crippen molar-refractivity contribution in [3.63, 3.8) is 0 Å². The van der Waals surface area contributed by atoms with E-state index in [1.165, 1.54) is 24.1 Å². The zero-order chi connectivity index (χ0) is 22.9. The molecule has 0 spiro atoms. The highest BCUT2D eigenvalue weighted by molar-refractivity contribution is 5.98. The minimum Gasteiger partial charge on any atom is -0.480 e. The van der Waals surface area contributed by atoms with Crippen molar-refractivity contribution in [2.75, 3.05) is 13.2 Å². The third-order valence-electron chi connectivity index (χ3n) is 5.91. The van der Waals surface area contributed by atoms with Gasteiger partial charge in [-0.05, 0) is 81.5 Å². The molecule has 172 valence electrons. The number of carbonyl (C=O) groups is 2. The third kappa shape index (κ3) is 6.60. The lowest BCUT2D eigenvalue weighted by Gasteiger charge is -2.16. The number of carbonyl (C=O) groups excluding carboxylic acids is 1. The van der Waals surface area contributed by atoms with E-state index >= 15 is 0 Å². The van der Waals surface area contributed by atoms with Crippen LogP contribution >= 0.6 is 0 Å². The van der Waals surface area contributed by atoms with Crippen molar-refractivity contribution >= 4 is 11.9 Å². The molecule has 1 amide bonds. The highest BCUT2D eigenvalue weighted by Gasteiger charge is 2.22. The Labute approximate surface area is 189 Å². The number of nitrogens with zero attached hydrogens (tertiary/aromatic N) is 2. The number of rotatable bonds is 11. The van der Waals surface area contributed by atoms with Crippen LogP contribution in [0.1, 0.15) is 70.5 Å². The Hall–Kier alpha value is -2.80. The van der Waals surface area contributed by atoms with Gasteiger partial charge in [-0.15, -0.1) is 0 Å². The van der Waals surface area contributed by atoms with Crippen molar-refractivity contribution in [1.29, 1.82) is 0 Å². The fraction of sp³-hybridized carbons (Fsp3) is 0.520. The van der Waals surface area contributed by atoms with Crippen molar-refractivity contribution < 1.29 is 19.4 Å². The number of aryl methyl sites for hydroxylation is 5. The summed E-state index contributed by atoms with van der Waals surface area (Å²) in [6.07, 6.45) is 10.9. The first-order chi connectivity index (χ1) is 15.5. The van der Waals surface area contributed by atoms with Gasteiger partial charge in [-0.2, -0.15) is 0 Å². The topological polar surface area (TPSA) is 101 Å². The molecule has 0 saturated carbocycles. The summed E-state index contributed by atoms with van der Waals surface area (Å²) in [5, 5.41) is 12.1. The van der Waals surface area contributed by atoms with Crippen molar-refractivity contribution in [3.8, 4) is 0 Å². The number of aromatic nitrogens is 2. The number of ether oxygens (including phenoxy) is 1. The fourth-order valence-corrected chi connectivity index (χ4v) is 4.13. The summed E-state index contributed by atoms with van der Waals surface area (Å²) in [6, 6.07) is 3.37. The monoisotopic (exact) mass is 439 g/mol. The molecule has 2 heterocycles. The van der Waals surface area contributed by atoms with Crippen molar-refractivity contribution in [1.82, 2.24) is 15.3 Å². The summed E-state index contributed by atoms with van der Waals surface area (Å²) in [7, 11) is 0. The summed E-state index contributed by atoms with van der Waals surface area (Å²) in [5.74, 6) is -1.46. The second-order valence-electron chi connectivity index (χ2n) is 8.49. The number of nitrogens with one attached hydrogen (secondary N) is 1. The van der Waals surface area contributed by atoms with Gasteiger partial charge in [-0.25, -0.2) is 4.79 Å². The zero-order valence-corrected chi connectivity index (χ0v) is 19.0. The van der Waals surface area contributed by atoms with Crippen LogP contribution in [0.15, 0.2) is 24.5 Å². The first kappa shape index (κ1) is 23.9. The third-order valence-corrected chi connectivity index (χ3v) is 5.91. The van der Waals surface area contributed by atoms with E-state index in [0.717, 1.165) is 48.9 Å². The Balaban J connectivity index is 1.36. The first-order valence-corrected chi connectivity index (χ1v) is 11.5. The van der Waals surface area contributed by atoms with Gasteiger partial charge in [0.2, 0.25) is 0 Å². The minimum atomic E-state index is -1.07. The molecule has 2 aromatic heterocycles. The van der Waals surface area contributed by atoms with Crippen molar-refractivity contribution in [2.24, 2.45) is 0 Å². The van der Waals surface area contributed by atoms with Gasteiger partial charge in [0.15, 0.2) is 0 Å². The Bertz CT molecular complexity index is 925. The number of unbranched alkanes of at least 4 members (excludes halogenated alkanes) is 1. The smallest absolute Gasteiger partial charge is 0.326 e. The number of aliphatic carboxylic acids is 1. The molecule has 0 aromatic carbocycles. The van der Waals surface area contributed by atoms with Gasteiger partial charge in [0, 0.05) is 49.0 Å². The Morgan fingerprint density at radius 2 is 1.84 bits per heavy atom. The Morgan fingerprint density at radius 3 is 2.59 bits per heavy atom. The van der Waals surface area contributed by atoms with Gasteiger partial charge in [0.1, 0.15) is 6.04 Å². The summed E-state index contributed by atoms with van der Waals surface area (Å²) in [5.41, 5.74) is 5.72. The molecule has 1 atom stereocenters.